The van der Waals surface area contributed by atoms with Crippen molar-refractivity contribution in [2.45, 2.75) is 6.54 Å². The second-order valence-electron chi connectivity index (χ2n) is 4.51. The summed E-state index contributed by atoms with van der Waals surface area (Å²) in [6.07, 6.45) is 0. The molecule has 0 aromatic heterocycles. The Morgan fingerprint density at radius 2 is 1.86 bits per heavy atom. The lowest BCUT2D eigenvalue weighted by molar-refractivity contribution is 0.0766. The van der Waals surface area contributed by atoms with Crippen molar-refractivity contribution < 1.29 is 4.79 Å². The van der Waals surface area contributed by atoms with Crippen molar-refractivity contribution in [1.29, 1.82) is 5.26 Å². The van der Waals surface area contributed by atoms with Crippen LogP contribution in [0.2, 0.25) is 0 Å². The third-order valence-corrected chi connectivity index (χ3v) is 3.05. The number of azide groups is 1. The zero-order valence-corrected chi connectivity index (χ0v) is 11.8. The molecule has 2 aromatic rings. The summed E-state index contributed by atoms with van der Waals surface area (Å²) in [4.78, 5) is 16.8. The predicted octanol–water partition coefficient (Wildman–Crippen LogP) is 3.79. The van der Waals surface area contributed by atoms with E-state index in [1.54, 1.807) is 24.3 Å². The first-order valence-corrected chi connectivity index (χ1v) is 6.60. The minimum atomic E-state index is -0.339. The van der Waals surface area contributed by atoms with Gasteiger partial charge in [-0.2, -0.15) is 5.26 Å². The lowest BCUT2D eigenvalue weighted by atomic mass is 10.1. The number of rotatable bonds is 5. The van der Waals surface area contributed by atoms with Gasteiger partial charge in [0.15, 0.2) is 0 Å². The molecule has 0 bridgehead atoms. The molecule has 0 aliphatic carbocycles. The summed E-state index contributed by atoms with van der Waals surface area (Å²) in [5.74, 6) is -0.339. The number of nitriles is 1. The predicted molar refractivity (Wildman–Crippen MR) is 82.0 cm³/mol. The Morgan fingerprint density at radius 1 is 1.18 bits per heavy atom. The van der Waals surface area contributed by atoms with Crippen LogP contribution in [0.25, 0.3) is 10.4 Å². The SMILES string of the molecule is N#CCN(Cc1ccccc1)C(=O)c1ccccc1N=[N+]=[N-]. The Kier molecular flexibility index (Phi) is 5.14. The fourth-order valence-corrected chi connectivity index (χ4v) is 2.05. The molecule has 0 atom stereocenters. The maximum absolute atomic E-state index is 12.6. The summed E-state index contributed by atoms with van der Waals surface area (Å²) in [6.45, 7) is 0.274. The maximum atomic E-state index is 12.6. The second-order valence-corrected chi connectivity index (χ2v) is 4.51. The van der Waals surface area contributed by atoms with Crippen molar-refractivity contribution in [2.24, 2.45) is 5.11 Å². The van der Waals surface area contributed by atoms with Gasteiger partial charge in [0.25, 0.3) is 5.91 Å². The molecule has 0 spiro atoms. The van der Waals surface area contributed by atoms with Gasteiger partial charge in [-0.25, -0.2) is 0 Å². The first-order valence-electron chi connectivity index (χ1n) is 6.60. The van der Waals surface area contributed by atoms with Crippen LogP contribution in [0.4, 0.5) is 5.69 Å². The van der Waals surface area contributed by atoms with Crippen LogP contribution in [-0.2, 0) is 6.54 Å². The number of carbonyl (C=O) groups is 1. The number of nitrogens with zero attached hydrogens (tertiary/aromatic N) is 5. The van der Waals surface area contributed by atoms with Crippen LogP contribution in [0, 0.1) is 11.3 Å². The molecule has 6 nitrogen and oxygen atoms in total. The van der Waals surface area contributed by atoms with E-state index >= 15 is 0 Å². The number of hydrogen-bond acceptors (Lipinski definition) is 3. The Morgan fingerprint density at radius 3 is 2.55 bits per heavy atom. The molecule has 6 heteroatoms. The Hall–Kier alpha value is -3.29. The fraction of sp³-hybridized carbons (Fsp3) is 0.125. The minimum Gasteiger partial charge on any atom is -0.321 e. The quantitative estimate of drug-likeness (QED) is 0.362. The van der Waals surface area contributed by atoms with Crippen LogP contribution < -0.4 is 0 Å². The summed E-state index contributed by atoms with van der Waals surface area (Å²) in [7, 11) is 0. The Bertz CT molecular complexity index is 745. The van der Waals surface area contributed by atoms with Crippen molar-refractivity contribution >= 4 is 11.6 Å². The number of benzene rings is 2. The standard InChI is InChI=1S/C16H13N5O/c17-10-11-21(12-13-6-2-1-3-7-13)16(22)14-8-4-5-9-15(14)19-20-18/h1-9H,11-12H2. The zero-order valence-electron chi connectivity index (χ0n) is 11.8. The first kappa shape index (κ1) is 15.1. The van der Waals surface area contributed by atoms with Gasteiger partial charge in [0.2, 0.25) is 0 Å². The van der Waals surface area contributed by atoms with Gasteiger partial charge < -0.3 is 4.90 Å². The van der Waals surface area contributed by atoms with Gasteiger partial charge >= 0.3 is 0 Å². The van der Waals surface area contributed by atoms with E-state index in [1.807, 2.05) is 36.4 Å². The highest BCUT2D eigenvalue weighted by Crippen LogP contribution is 2.21. The molecule has 0 heterocycles. The molecule has 0 unspecified atom stereocenters. The number of amides is 1. The number of hydrogen-bond donors (Lipinski definition) is 0. The summed E-state index contributed by atoms with van der Waals surface area (Å²) >= 11 is 0. The molecular formula is C16H13N5O. The third-order valence-electron chi connectivity index (χ3n) is 3.05. The molecular weight excluding hydrogens is 278 g/mol. The molecule has 0 N–H and O–H groups in total. The largest absolute Gasteiger partial charge is 0.321 e. The maximum Gasteiger partial charge on any atom is 0.255 e. The monoisotopic (exact) mass is 291 g/mol. The Labute approximate surface area is 127 Å². The summed E-state index contributed by atoms with van der Waals surface area (Å²) in [6, 6.07) is 17.9. The summed E-state index contributed by atoms with van der Waals surface area (Å²) in [5, 5.41) is 12.5. The van der Waals surface area contributed by atoms with E-state index in [-0.39, 0.29) is 23.7 Å². The summed E-state index contributed by atoms with van der Waals surface area (Å²) in [5.41, 5.74) is 10.0. The lowest BCUT2D eigenvalue weighted by Gasteiger charge is -2.20. The van der Waals surface area contributed by atoms with Crippen LogP contribution >= 0.6 is 0 Å². The van der Waals surface area contributed by atoms with Crippen LogP contribution in [0.3, 0.4) is 0 Å². The molecule has 0 aliphatic rings. The molecule has 1 amide bonds. The van der Waals surface area contributed by atoms with E-state index in [0.717, 1.165) is 5.56 Å². The van der Waals surface area contributed by atoms with Gasteiger partial charge in [0.05, 0.1) is 11.8 Å². The molecule has 108 valence electrons. The average Bonchev–Trinajstić information content (AvgIpc) is 2.56. The molecule has 0 saturated carbocycles. The van der Waals surface area contributed by atoms with Gasteiger partial charge in [-0.15, -0.1) is 0 Å². The molecule has 0 radical (unpaired) electrons. The van der Waals surface area contributed by atoms with Crippen molar-refractivity contribution in [3.8, 4) is 6.07 Å². The first-order chi connectivity index (χ1) is 10.8. The van der Waals surface area contributed by atoms with Crippen LogP contribution in [0.5, 0.6) is 0 Å². The van der Waals surface area contributed by atoms with Crippen molar-refractivity contribution in [1.82, 2.24) is 4.90 Å². The highest BCUT2D eigenvalue weighted by molar-refractivity contribution is 5.99. The summed E-state index contributed by atoms with van der Waals surface area (Å²) < 4.78 is 0. The van der Waals surface area contributed by atoms with Crippen molar-refractivity contribution in [3.05, 3.63) is 76.2 Å². The van der Waals surface area contributed by atoms with E-state index in [2.05, 4.69) is 10.0 Å². The second kappa shape index (κ2) is 7.48. The highest BCUT2D eigenvalue weighted by atomic mass is 16.2. The van der Waals surface area contributed by atoms with Gasteiger partial charge in [-0.3, -0.25) is 4.79 Å². The lowest BCUT2D eigenvalue weighted by Crippen LogP contribution is -2.31. The van der Waals surface area contributed by atoms with E-state index < -0.39 is 0 Å². The van der Waals surface area contributed by atoms with Crippen LogP contribution in [0.1, 0.15) is 15.9 Å². The molecule has 2 rings (SSSR count). The smallest absolute Gasteiger partial charge is 0.255 e. The fourth-order valence-electron chi connectivity index (χ4n) is 2.05. The highest BCUT2D eigenvalue weighted by Gasteiger charge is 2.18. The van der Waals surface area contributed by atoms with Crippen molar-refractivity contribution in [2.75, 3.05) is 6.54 Å². The van der Waals surface area contributed by atoms with Gasteiger partial charge in [0, 0.05) is 17.0 Å². The van der Waals surface area contributed by atoms with Crippen LogP contribution in [-0.4, -0.2) is 17.4 Å². The van der Waals surface area contributed by atoms with Crippen molar-refractivity contribution in [3.63, 3.8) is 0 Å². The number of carbonyl (C=O) groups excluding carboxylic acids is 1. The zero-order chi connectivity index (χ0) is 15.8. The van der Waals surface area contributed by atoms with E-state index in [1.165, 1.54) is 4.90 Å². The van der Waals surface area contributed by atoms with E-state index in [0.29, 0.717) is 6.54 Å². The molecule has 2 aromatic carbocycles. The van der Waals surface area contributed by atoms with Gasteiger partial charge in [0.1, 0.15) is 6.54 Å². The molecule has 0 fully saturated rings. The van der Waals surface area contributed by atoms with Crippen LogP contribution in [0.15, 0.2) is 59.7 Å². The molecule has 22 heavy (non-hydrogen) atoms. The van der Waals surface area contributed by atoms with E-state index in [4.69, 9.17) is 10.8 Å². The average molecular weight is 291 g/mol. The Balaban J connectivity index is 2.31. The molecule has 0 saturated heterocycles. The van der Waals surface area contributed by atoms with E-state index in [9.17, 15) is 4.79 Å². The normalized spacial score (nSPS) is 9.41. The third kappa shape index (κ3) is 3.63. The topological polar surface area (TPSA) is 92.9 Å². The minimum absolute atomic E-state index is 0.0433. The van der Waals surface area contributed by atoms with Gasteiger partial charge in [-0.1, -0.05) is 53.6 Å². The van der Waals surface area contributed by atoms with Gasteiger partial charge in [-0.05, 0) is 17.2 Å². The molecule has 0 aliphatic heterocycles.